The van der Waals surface area contributed by atoms with E-state index in [-0.39, 0.29) is 11.9 Å². The van der Waals surface area contributed by atoms with Crippen molar-refractivity contribution in [1.29, 1.82) is 5.41 Å². The summed E-state index contributed by atoms with van der Waals surface area (Å²) in [5.74, 6) is 0.528. The number of para-hydroxylation sites is 1. The Hall–Kier alpha value is -2.14. The summed E-state index contributed by atoms with van der Waals surface area (Å²) in [5, 5.41) is 18.2. The number of amidine groups is 1. The summed E-state index contributed by atoms with van der Waals surface area (Å²) in [6, 6.07) is 7.90. The molecule has 1 aromatic heterocycles. The van der Waals surface area contributed by atoms with Crippen LogP contribution in [0.4, 0.5) is 5.69 Å². The van der Waals surface area contributed by atoms with Gasteiger partial charge in [-0.3, -0.25) is 10.4 Å². The van der Waals surface area contributed by atoms with E-state index < -0.39 is 0 Å². The Balaban J connectivity index is 2.01. The van der Waals surface area contributed by atoms with Gasteiger partial charge in [-0.1, -0.05) is 18.2 Å². The van der Waals surface area contributed by atoms with Crippen molar-refractivity contribution >= 4 is 22.4 Å². The topological polar surface area (TPSA) is 86.2 Å². The fourth-order valence-corrected chi connectivity index (χ4v) is 3.06. The molecule has 0 unspecified atom stereocenters. The molecule has 1 fully saturated rings. The normalized spacial score (nSPS) is 21.0. The Morgan fingerprint density at radius 3 is 2.81 bits per heavy atom. The number of aliphatic hydroxyl groups excluding tert-OH is 1. The molecule has 2 aromatic rings. The molecule has 4 N–H and O–H groups in total. The number of anilines is 1. The maximum absolute atomic E-state index is 9.43. The Kier molecular flexibility index (Phi) is 3.51. The number of nitrogens with zero attached hydrogens (tertiary/aromatic N) is 2. The highest BCUT2D eigenvalue weighted by molar-refractivity contribution is 6.07. The van der Waals surface area contributed by atoms with Crippen LogP contribution in [-0.2, 0) is 0 Å². The third-order valence-corrected chi connectivity index (χ3v) is 4.16. The number of nitrogens with two attached hydrogens (primary N) is 1. The smallest absolute Gasteiger partial charge is 0.126 e. The van der Waals surface area contributed by atoms with E-state index in [1.54, 1.807) is 6.20 Å². The second-order valence-electron chi connectivity index (χ2n) is 5.82. The van der Waals surface area contributed by atoms with E-state index in [1.807, 2.05) is 31.3 Å². The molecule has 21 heavy (non-hydrogen) atoms. The van der Waals surface area contributed by atoms with Crippen molar-refractivity contribution in [3.05, 3.63) is 36.0 Å². The van der Waals surface area contributed by atoms with E-state index in [0.717, 1.165) is 36.0 Å². The van der Waals surface area contributed by atoms with Gasteiger partial charge in [-0.25, -0.2) is 0 Å². The van der Waals surface area contributed by atoms with Gasteiger partial charge in [0.2, 0.25) is 0 Å². The summed E-state index contributed by atoms with van der Waals surface area (Å²) >= 11 is 0. The van der Waals surface area contributed by atoms with Gasteiger partial charge in [0.25, 0.3) is 0 Å². The largest absolute Gasteiger partial charge is 0.393 e. The highest BCUT2D eigenvalue weighted by atomic mass is 16.3. The number of rotatable bonds is 4. The molecule has 0 aliphatic heterocycles. The van der Waals surface area contributed by atoms with Gasteiger partial charge < -0.3 is 15.7 Å². The summed E-state index contributed by atoms with van der Waals surface area (Å²) in [5.41, 5.74) is 8.24. The highest BCUT2D eigenvalue weighted by Gasteiger charge is 2.29. The van der Waals surface area contributed by atoms with Crippen LogP contribution in [0.5, 0.6) is 0 Å². The summed E-state index contributed by atoms with van der Waals surface area (Å²) in [4.78, 5) is 6.52. The molecule has 5 heteroatoms. The van der Waals surface area contributed by atoms with E-state index in [9.17, 15) is 5.11 Å². The molecule has 0 spiro atoms. The van der Waals surface area contributed by atoms with Gasteiger partial charge in [0, 0.05) is 25.2 Å². The second kappa shape index (κ2) is 5.33. The summed E-state index contributed by atoms with van der Waals surface area (Å²) < 4.78 is 0. The minimum absolute atomic E-state index is 0.0312. The van der Waals surface area contributed by atoms with Gasteiger partial charge in [-0.05, 0) is 24.8 Å². The number of aromatic nitrogens is 1. The third-order valence-electron chi connectivity index (χ3n) is 4.16. The van der Waals surface area contributed by atoms with Crippen LogP contribution in [-0.4, -0.2) is 35.6 Å². The van der Waals surface area contributed by atoms with Gasteiger partial charge in [-0.2, -0.15) is 0 Å². The lowest BCUT2D eigenvalue weighted by Crippen LogP contribution is -2.37. The van der Waals surface area contributed by atoms with E-state index in [1.165, 1.54) is 0 Å². The van der Waals surface area contributed by atoms with Crippen LogP contribution < -0.4 is 10.6 Å². The molecule has 0 atom stereocenters. The molecule has 1 heterocycles. The zero-order valence-corrected chi connectivity index (χ0v) is 12.1. The first-order valence-electron chi connectivity index (χ1n) is 7.17. The van der Waals surface area contributed by atoms with Crippen molar-refractivity contribution in [1.82, 2.24) is 4.98 Å². The minimum Gasteiger partial charge on any atom is -0.393 e. The number of hydrogen-bond donors (Lipinski definition) is 3. The molecular formula is C16H20N4O. The zero-order chi connectivity index (χ0) is 15.0. The average molecular weight is 284 g/mol. The number of aliphatic hydroxyl groups is 1. The van der Waals surface area contributed by atoms with E-state index in [4.69, 9.17) is 11.1 Å². The van der Waals surface area contributed by atoms with Crippen molar-refractivity contribution in [3.63, 3.8) is 0 Å². The van der Waals surface area contributed by atoms with Crippen molar-refractivity contribution < 1.29 is 5.11 Å². The maximum atomic E-state index is 9.43. The van der Waals surface area contributed by atoms with Gasteiger partial charge in [0.05, 0.1) is 22.9 Å². The average Bonchev–Trinajstić information content (AvgIpc) is 2.44. The van der Waals surface area contributed by atoms with Crippen LogP contribution in [0.2, 0.25) is 0 Å². The standard InChI is InChI=1S/C16H20N4O/c1-20(9-10-6-11(21)7-10)15-12-4-2-3-5-14(12)19-8-13(15)16(17)18/h2-5,8,10-11,21H,6-7,9H2,1H3,(H3,17,18). The molecular weight excluding hydrogens is 264 g/mol. The lowest BCUT2D eigenvalue weighted by atomic mass is 9.82. The first-order valence-corrected chi connectivity index (χ1v) is 7.17. The van der Waals surface area contributed by atoms with Crippen LogP contribution in [0.15, 0.2) is 30.5 Å². The predicted octanol–water partition coefficient (Wildman–Crippen LogP) is 1.73. The molecule has 1 aromatic carbocycles. The molecule has 1 saturated carbocycles. The fraction of sp³-hybridized carbons (Fsp3) is 0.375. The van der Waals surface area contributed by atoms with Crippen molar-refractivity contribution in [3.8, 4) is 0 Å². The van der Waals surface area contributed by atoms with Crippen LogP contribution in [0.1, 0.15) is 18.4 Å². The van der Waals surface area contributed by atoms with Gasteiger partial charge in [0.15, 0.2) is 0 Å². The number of hydrogen-bond acceptors (Lipinski definition) is 4. The molecule has 1 aliphatic carbocycles. The van der Waals surface area contributed by atoms with Crippen molar-refractivity contribution in [2.45, 2.75) is 18.9 Å². The number of pyridine rings is 1. The van der Waals surface area contributed by atoms with Crippen LogP contribution in [0.3, 0.4) is 0 Å². The molecule has 1 aliphatic rings. The number of benzene rings is 1. The van der Waals surface area contributed by atoms with E-state index in [2.05, 4.69) is 9.88 Å². The van der Waals surface area contributed by atoms with Gasteiger partial charge >= 0.3 is 0 Å². The molecule has 5 nitrogen and oxygen atoms in total. The molecule has 0 amide bonds. The van der Waals surface area contributed by atoms with Crippen LogP contribution in [0.25, 0.3) is 10.9 Å². The molecule has 0 saturated heterocycles. The molecule has 0 radical (unpaired) electrons. The first kappa shape index (κ1) is 13.8. The van der Waals surface area contributed by atoms with Crippen molar-refractivity contribution in [2.24, 2.45) is 11.7 Å². The molecule has 110 valence electrons. The number of nitrogen functional groups attached to an aromatic ring is 1. The Morgan fingerprint density at radius 1 is 1.43 bits per heavy atom. The quantitative estimate of drug-likeness (QED) is 0.589. The monoisotopic (exact) mass is 284 g/mol. The second-order valence-corrected chi connectivity index (χ2v) is 5.82. The van der Waals surface area contributed by atoms with Gasteiger partial charge in [0.1, 0.15) is 5.84 Å². The Morgan fingerprint density at radius 2 is 2.14 bits per heavy atom. The van der Waals surface area contributed by atoms with Crippen LogP contribution >= 0.6 is 0 Å². The Bertz CT molecular complexity index is 679. The summed E-state index contributed by atoms with van der Waals surface area (Å²) in [6.07, 6.45) is 3.22. The summed E-state index contributed by atoms with van der Waals surface area (Å²) in [7, 11) is 2.01. The van der Waals surface area contributed by atoms with E-state index >= 15 is 0 Å². The third kappa shape index (κ3) is 2.56. The predicted molar refractivity (Wildman–Crippen MR) is 84.8 cm³/mol. The minimum atomic E-state index is -0.148. The highest BCUT2D eigenvalue weighted by Crippen LogP contribution is 2.33. The maximum Gasteiger partial charge on any atom is 0.126 e. The fourth-order valence-electron chi connectivity index (χ4n) is 3.06. The van der Waals surface area contributed by atoms with Crippen molar-refractivity contribution in [2.75, 3.05) is 18.5 Å². The van der Waals surface area contributed by atoms with Crippen LogP contribution in [0, 0.1) is 11.3 Å². The SMILES string of the molecule is CN(CC1CC(O)C1)c1c(C(=N)N)cnc2ccccc12. The Labute approximate surface area is 123 Å². The lowest BCUT2D eigenvalue weighted by molar-refractivity contribution is 0.0465. The van der Waals surface area contributed by atoms with E-state index in [0.29, 0.717) is 11.5 Å². The zero-order valence-electron chi connectivity index (χ0n) is 12.1. The summed E-state index contributed by atoms with van der Waals surface area (Å²) in [6.45, 7) is 0.853. The molecule has 0 bridgehead atoms. The lowest BCUT2D eigenvalue weighted by Gasteiger charge is -2.36. The molecule has 3 rings (SSSR count). The number of nitrogens with one attached hydrogen (secondary N) is 1. The number of fused-ring (bicyclic) bond motifs is 1. The first-order chi connectivity index (χ1) is 10.1. The van der Waals surface area contributed by atoms with Gasteiger partial charge in [-0.15, -0.1) is 0 Å².